The van der Waals surface area contributed by atoms with E-state index in [4.69, 9.17) is 5.84 Å². The van der Waals surface area contributed by atoms with Gasteiger partial charge in [-0.05, 0) is 25.1 Å². The monoisotopic (exact) mass is 473 g/mol. The molecule has 0 fully saturated rings. The van der Waals surface area contributed by atoms with E-state index in [-0.39, 0.29) is 16.6 Å². The van der Waals surface area contributed by atoms with Crippen molar-refractivity contribution < 1.29 is 18.0 Å². The highest BCUT2D eigenvalue weighted by molar-refractivity contribution is 7.99. The fourth-order valence-corrected chi connectivity index (χ4v) is 3.68. The zero-order valence-corrected chi connectivity index (χ0v) is 18.0. The molecule has 2 aromatic heterocycles. The number of H-pyrrole nitrogens is 1. The summed E-state index contributed by atoms with van der Waals surface area (Å²) in [7, 11) is 0. The van der Waals surface area contributed by atoms with Gasteiger partial charge in [-0.3, -0.25) is 9.89 Å². The van der Waals surface area contributed by atoms with E-state index < -0.39 is 17.6 Å². The molecule has 170 valence electrons. The fourth-order valence-electron chi connectivity index (χ4n) is 3.02. The third-order valence-corrected chi connectivity index (χ3v) is 5.61. The molecule has 0 aliphatic heterocycles. The molecule has 4 rings (SSSR count). The van der Waals surface area contributed by atoms with E-state index in [1.807, 2.05) is 31.2 Å². The van der Waals surface area contributed by atoms with Crippen LogP contribution in [0.3, 0.4) is 0 Å². The van der Waals surface area contributed by atoms with Crippen LogP contribution in [0.5, 0.6) is 0 Å². The van der Waals surface area contributed by atoms with Gasteiger partial charge in [-0.1, -0.05) is 53.7 Å². The summed E-state index contributed by atoms with van der Waals surface area (Å²) in [5.74, 6) is 5.52. The number of anilines is 1. The molecule has 1 amide bonds. The normalized spacial score (nSPS) is 11.5. The Bertz CT molecular complexity index is 1280. The molecule has 12 heteroatoms. The Kier molecular flexibility index (Phi) is 6.09. The average molecular weight is 473 g/mol. The Balaban J connectivity index is 1.43. The number of nitrogens with one attached hydrogen (secondary N) is 2. The summed E-state index contributed by atoms with van der Waals surface area (Å²) >= 11 is 0.945. The van der Waals surface area contributed by atoms with Crippen LogP contribution in [0.4, 0.5) is 18.9 Å². The van der Waals surface area contributed by atoms with Crippen LogP contribution in [0.1, 0.15) is 11.1 Å². The van der Waals surface area contributed by atoms with E-state index in [1.54, 1.807) is 6.07 Å². The number of benzene rings is 2. The zero-order valence-electron chi connectivity index (χ0n) is 17.2. The van der Waals surface area contributed by atoms with Gasteiger partial charge in [0, 0.05) is 5.56 Å². The number of aromatic nitrogens is 5. The quantitative estimate of drug-likeness (QED) is 0.287. The Morgan fingerprint density at radius 1 is 1.15 bits per heavy atom. The number of alkyl halides is 3. The predicted molar refractivity (Wildman–Crippen MR) is 119 cm³/mol. The van der Waals surface area contributed by atoms with Crippen molar-refractivity contribution in [3.8, 4) is 22.8 Å². The number of aryl methyl sites for hydroxylation is 1. The number of nitrogens with two attached hydrogens (primary N) is 1. The van der Waals surface area contributed by atoms with Gasteiger partial charge in [-0.15, -0.1) is 10.2 Å². The van der Waals surface area contributed by atoms with Crippen molar-refractivity contribution in [1.82, 2.24) is 25.1 Å². The zero-order chi connectivity index (χ0) is 23.6. The number of carbonyl (C=O) groups excluding carboxylic acids is 1. The standard InChI is InChI=1S/C21H18F3N7OS/c1-12-6-8-13(9-7-12)16-10-17(28-27-16)19-29-30-20(31(19)25)33-11-18(32)26-15-5-3-2-4-14(15)21(22,23)24/h2-10H,11,25H2,1H3,(H,26,32)(H,27,28). The molecular formula is C21H18F3N7OS. The molecule has 4 aromatic rings. The molecule has 4 N–H and O–H groups in total. The van der Waals surface area contributed by atoms with Gasteiger partial charge in [-0.25, -0.2) is 4.68 Å². The van der Waals surface area contributed by atoms with Gasteiger partial charge in [0.1, 0.15) is 5.69 Å². The first-order valence-corrected chi connectivity index (χ1v) is 10.6. The Morgan fingerprint density at radius 2 is 1.88 bits per heavy atom. The lowest BCUT2D eigenvalue weighted by Crippen LogP contribution is -2.19. The van der Waals surface area contributed by atoms with Gasteiger partial charge < -0.3 is 11.2 Å². The molecule has 0 aliphatic rings. The van der Waals surface area contributed by atoms with Crippen molar-refractivity contribution in [2.45, 2.75) is 18.3 Å². The molecule has 0 saturated carbocycles. The van der Waals surface area contributed by atoms with Crippen LogP contribution in [0, 0.1) is 6.92 Å². The third kappa shape index (κ3) is 5.00. The van der Waals surface area contributed by atoms with Crippen molar-refractivity contribution in [3.63, 3.8) is 0 Å². The maximum Gasteiger partial charge on any atom is 0.418 e. The van der Waals surface area contributed by atoms with Gasteiger partial charge >= 0.3 is 6.18 Å². The largest absolute Gasteiger partial charge is 0.418 e. The molecule has 8 nitrogen and oxygen atoms in total. The maximum absolute atomic E-state index is 13.1. The summed E-state index contributed by atoms with van der Waals surface area (Å²) in [5.41, 5.74) is 2.03. The summed E-state index contributed by atoms with van der Waals surface area (Å²) in [6, 6.07) is 14.4. The third-order valence-electron chi connectivity index (χ3n) is 4.67. The van der Waals surface area contributed by atoms with Gasteiger partial charge in [0.05, 0.1) is 22.7 Å². The molecule has 0 atom stereocenters. The number of amides is 1. The van der Waals surface area contributed by atoms with Crippen molar-refractivity contribution in [2.75, 3.05) is 16.9 Å². The van der Waals surface area contributed by atoms with Crippen molar-refractivity contribution in [3.05, 3.63) is 65.7 Å². The number of carbonyl (C=O) groups is 1. The van der Waals surface area contributed by atoms with Crippen LogP contribution in [-0.2, 0) is 11.0 Å². The van der Waals surface area contributed by atoms with Crippen LogP contribution < -0.4 is 11.2 Å². The number of hydrogen-bond donors (Lipinski definition) is 3. The van der Waals surface area contributed by atoms with E-state index in [1.165, 1.54) is 22.9 Å². The maximum atomic E-state index is 13.1. The minimum atomic E-state index is -4.58. The number of aromatic amines is 1. The molecule has 0 aliphatic carbocycles. The number of rotatable bonds is 6. The van der Waals surface area contributed by atoms with Gasteiger partial charge in [-0.2, -0.15) is 18.3 Å². The first kappa shape index (κ1) is 22.4. The van der Waals surface area contributed by atoms with Crippen LogP contribution in [0.15, 0.2) is 59.8 Å². The number of nitrogens with zero attached hydrogens (tertiary/aromatic N) is 4. The summed E-state index contributed by atoms with van der Waals surface area (Å²) in [5, 5.41) is 17.6. The number of nitrogen functional groups attached to an aromatic ring is 1. The van der Waals surface area contributed by atoms with E-state index in [0.717, 1.165) is 29.0 Å². The highest BCUT2D eigenvalue weighted by atomic mass is 32.2. The lowest BCUT2D eigenvalue weighted by atomic mass is 10.1. The van der Waals surface area contributed by atoms with Crippen LogP contribution >= 0.6 is 11.8 Å². The lowest BCUT2D eigenvalue weighted by Gasteiger charge is -2.13. The summed E-state index contributed by atoms with van der Waals surface area (Å²) in [6.45, 7) is 1.99. The summed E-state index contributed by atoms with van der Waals surface area (Å²) in [4.78, 5) is 12.2. The van der Waals surface area contributed by atoms with Gasteiger partial charge in [0.15, 0.2) is 0 Å². The molecule has 0 bridgehead atoms. The Morgan fingerprint density at radius 3 is 2.61 bits per heavy atom. The highest BCUT2D eigenvalue weighted by Crippen LogP contribution is 2.34. The van der Waals surface area contributed by atoms with Crippen LogP contribution in [0.25, 0.3) is 22.8 Å². The van der Waals surface area contributed by atoms with E-state index in [0.29, 0.717) is 17.2 Å². The van der Waals surface area contributed by atoms with Crippen molar-refractivity contribution in [2.24, 2.45) is 0 Å². The van der Waals surface area contributed by atoms with Crippen LogP contribution in [0.2, 0.25) is 0 Å². The number of halogens is 3. The second kappa shape index (κ2) is 8.98. The topological polar surface area (TPSA) is 115 Å². The fraction of sp³-hybridized carbons (Fsp3) is 0.143. The molecule has 2 aromatic carbocycles. The molecule has 0 spiro atoms. The molecule has 0 radical (unpaired) electrons. The minimum Gasteiger partial charge on any atom is -0.335 e. The summed E-state index contributed by atoms with van der Waals surface area (Å²) < 4.78 is 40.5. The highest BCUT2D eigenvalue weighted by Gasteiger charge is 2.33. The van der Waals surface area contributed by atoms with E-state index in [2.05, 4.69) is 25.7 Å². The van der Waals surface area contributed by atoms with Crippen molar-refractivity contribution >= 4 is 23.4 Å². The second-order valence-electron chi connectivity index (χ2n) is 7.09. The molecular weight excluding hydrogens is 455 g/mol. The predicted octanol–water partition coefficient (Wildman–Crippen LogP) is 4.11. The Hall–Kier alpha value is -3.80. The molecule has 0 unspecified atom stereocenters. The summed E-state index contributed by atoms with van der Waals surface area (Å²) in [6.07, 6.45) is -4.58. The number of para-hydroxylation sites is 1. The smallest absolute Gasteiger partial charge is 0.335 e. The van der Waals surface area contributed by atoms with Gasteiger partial charge in [0.25, 0.3) is 0 Å². The second-order valence-corrected chi connectivity index (χ2v) is 8.03. The number of thioether (sulfide) groups is 1. The molecule has 33 heavy (non-hydrogen) atoms. The first-order chi connectivity index (χ1) is 15.7. The van der Waals surface area contributed by atoms with Crippen molar-refractivity contribution in [1.29, 1.82) is 0 Å². The lowest BCUT2D eigenvalue weighted by molar-refractivity contribution is -0.137. The number of hydrogen-bond acceptors (Lipinski definition) is 6. The molecule has 0 saturated heterocycles. The van der Waals surface area contributed by atoms with E-state index >= 15 is 0 Å². The first-order valence-electron chi connectivity index (χ1n) is 9.64. The van der Waals surface area contributed by atoms with Crippen LogP contribution in [-0.4, -0.2) is 36.7 Å². The SMILES string of the molecule is Cc1ccc(-c2cc(-c3nnc(SCC(=O)Nc4ccccc4C(F)(F)F)n3N)[nH]n2)cc1. The van der Waals surface area contributed by atoms with Gasteiger partial charge in [0.2, 0.25) is 16.9 Å². The molecule has 2 heterocycles. The Labute approximate surface area is 190 Å². The average Bonchev–Trinajstić information content (AvgIpc) is 3.39. The van der Waals surface area contributed by atoms with E-state index in [9.17, 15) is 18.0 Å². The minimum absolute atomic E-state index is 0.209.